The summed E-state index contributed by atoms with van der Waals surface area (Å²) in [7, 11) is 5.08. The molecule has 25 heavy (non-hydrogen) atoms. The van der Waals surface area contributed by atoms with Crippen molar-refractivity contribution in [2.45, 2.75) is 19.5 Å². The van der Waals surface area contributed by atoms with Crippen molar-refractivity contribution < 1.29 is 14.3 Å². The molecule has 1 fully saturated rings. The van der Waals surface area contributed by atoms with Crippen LogP contribution in [0.15, 0.2) is 24.4 Å². The largest absolute Gasteiger partial charge is 0.493 e. The van der Waals surface area contributed by atoms with Crippen LogP contribution in [0.2, 0.25) is 0 Å². The van der Waals surface area contributed by atoms with Crippen molar-refractivity contribution in [3.63, 3.8) is 0 Å². The van der Waals surface area contributed by atoms with Crippen molar-refractivity contribution in [3.8, 4) is 22.8 Å². The molecule has 1 amide bonds. The van der Waals surface area contributed by atoms with Crippen LogP contribution >= 0.6 is 0 Å². The van der Waals surface area contributed by atoms with Gasteiger partial charge in [-0.15, -0.1) is 0 Å². The number of carbonyl (C=O) groups excluding carboxylic acids is 1. The third-order valence-corrected chi connectivity index (χ3v) is 4.77. The van der Waals surface area contributed by atoms with Crippen LogP contribution in [0.1, 0.15) is 12.5 Å². The zero-order valence-corrected chi connectivity index (χ0v) is 15.1. The number of methoxy groups -OCH3 is 2. The van der Waals surface area contributed by atoms with E-state index in [-0.39, 0.29) is 11.9 Å². The van der Waals surface area contributed by atoms with Crippen molar-refractivity contribution in [2.75, 3.05) is 34.4 Å². The van der Waals surface area contributed by atoms with Gasteiger partial charge in [0, 0.05) is 37.8 Å². The number of likely N-dealkylation sites (N-methyl/N-ethyl adjacent to an activating group) is 1. The molecule has 1 aromatic carbocycles. The summed E-state index contributed by atoms with van der Waals surface area (Å²) in [6, 6.07) is 5.64. The van der Waals surface area contributed by atoms with Crippen LogP contribution in [0.25, 0.3) is 11.3 Å². The topological polar surface area (TPSA) is 70.7 Å². The number of nitrogens with one attached hydrogen (secondary N) is 1. The van der Waals surface area contributed by atoms with Crippen LogP contribution in [0.3, 0.4) is 0 Å². The monoisotopic (exact) mass is 344 g/mol. The van der Waals surface area contributed by atoms with E-state index in [1.54, 1.807) is 19.1 Å². The summed E-state index contributed by atoms with van der Waals surface area (Å²) in [6.45, 7) is 4.21. The lowest BCUT2D eigenvalue weighted by atomic mass is 10.1. The van der Waals surface area contributed by atoms with Crippen molar-refractivity contribution in [3.05, 3.63) is 30.0 Å². The molecule has 0 spiro atoms. The van der Waals surface area contributed by atoms with E-state index in [0.29, 0.717) is 18.0 Å². The summed E-state index contributed by atoms with van der Waals surface area (Å²) in [5.74, 6) is 1.51. The molecule has 1 aliphatic rings. The van der Waals surface area contributed by atoms with Crippen molar-refractivity contribution >= 4 is 5.91 Å². The molecule has 0 saturated carbocycles. The molecule has 1 unspecified atom stereocenters. The van der Waals surface area contributed by atoms with E-state index in [9.17, 15) is 4.79 Å². The van der Waals surface area contributed by atoms with Gasteiger partial charge in [-0.05, 0) is 25.1 Å². The van der Waals surface area contributed by atoms with Crippen LogP contribution in [-0.4, -0.2) is 66.3 Å². The number of ether oxygens (including phenoxy) is 2. The van der Waals surface area contributed by atoms with Gasteiger partial charge in [0.25, 0.3) is 0 Å². The van der Waals surface area contributed by atoms with Crippen molar-refractivity contribution in [2.24, 2.45) is 0 Å². The van der Waals surface area contributed by atoms with Crippen LogP contribution in [-0.2, 0) is 11.3 Å². The van der Waals surface area contributed by atoms with Crippen LogP contribution in [0.5, 0.6) is 11.5 Å². The zero-order chi connectivity index (χ0) is 18.0. The fourth-order valence-electron chi connectivity index (χ4n) is 3.16. The van der Waals surface area contributed by atoms with E-state index in [1.165, 1.54) is 0 Å². The first-order chi connectivity index (χ1) is 12.0. The Labute approximate surface area is 147 Å². The van der Waals surface area contributed by atoms with Crippen molar-refractivity contribution in [1.82, 2.24) is 20.0 Å². The maximum Gasteiger partial charge on any atom is 0.239 e. The molecule has 1 aliphatic heterocycles. The second-order valence-corrected chi connectivity index (χ2v) is 6.25. The predicted molar refractivity (Wildman–Crippen MR) is 94.6 cm³/mol. The SMILES string of the molecule is COc1ccc(-c2[nH]ncc2CN2CCN(C)C(=O)C2C)cc1OC. The third-order valence-electron chi connectivity index (χ3n) is 4.77. The molecular weight excluding hydrogens is 320 g/mol. The average Bonchev–Trinajstić information content (AvgIpc) is 3.09. The van der Waals surface area contributed by atoms with Crippen LogP contribution in [0.4, 0.5) is 0 Å². The number of carbonyl (C=O) groups is 1. The highest BCUT2D eigenvalue weighted by Crippen LogP contribution is 2.33. The minimum atomic E-state index is -0.132. The number of hydrogen-bond acceptors (Lipinski definition) is 5. The predicted octanol–water partition coefficient (Wildman–Crippen LogP) is 1.76. The Balaban J connectivity index is 1.85. The molecule has 2 aromatic rings. The fraction of sp³-hybridized carbons (Fsp3) is 0.444. The number of rotatable bonds is 5. The van der Waals surface area contributed by atoms with Crippen LogP contribution in [0, 0.1) is 0 Å². The van der Waals surface area contributed by atoms with E-state index in [4.69, 9.17) is 9.47 Å². The number of H-pyrrole nitrogens is 1. The first-order valence-corrected chi connectivity index (χ1v) is 8.28. The lowest BCUT2D eigenvalue weighted by Crippen LogP contribution is -2.53. The number of piperazine rings is 1. The molecule has 0 aliphatic carbocycles. The van der Waals surface area contributed by atoms with Gasteiger partial charge in [-0.25, -0.2) is 0 Å². The second-order valence-electron chi connectivity index (χ2n) is 6.25. The quantitative estimate of drug-likeness (QED) is 0.895. The lowest BCUT2D eigenvalue weighted by Gasteiger charge is -2.37. The van der Waals surface area contributed by atoms with E-state index < -0.39 is 0 Å². The number of amides is 1. The van der Waals surface area contributed by atoms with Gasteiger partial charge in [0.15, 0.2) is 11.5 Å². The Hall–Kier alpha value is -2.54. The first kappa shape index (κ1) is 17.3. The maximum absolute atomic E-state index is 12.2. The van der Waals surface area contributed by atoms with Crippen LogP contribution < -0.4 is 9.47 Å². The molecule has 0 bridgehead atoms. The standard InChI is InChI=1S/C18H24N4O3/c1-12-18(23)21(2)7-8-22(12)11-14-10-19-20-17(14)13-5-6-15(24-3)16(9-13)25-4/h5-6,9-10,12H,7-8,11H2,1-4H3,(H,19,20). The molecule has 7 heteroatoms. The van der Waals surface area contributed by atoms with Gasteiger partial charge in [0.05, 0.1) is 32.2 Å². The normalized spacial score (nSPS) is 18.5. The molecule has 1 atom stereocenters. The van der Waals surface area contributed by atoms with E-state index >= 15 is 0 Å². The fourth-order valence-corrected chi connectivity index (χ4v) is 3.16. The summed E-state index contributed by atoms with van der Waals surface area (Å²) in [4.78, 5) is 16.2. The molecule has 1 N–H and O–H groups in total. The highest BCUT2D eigenvalue weighted by Gasteiger charge is 2.29. The van der Waals surface area contributed by atoms with Crippen molar-refractivity contribution in [1.29, 1.82) is 0 Å². The molecule has 1 saturated heterocycles. The summed E-state index contributed by atoms with van der Waals surface area (Å²) >= 11 is 0. The number of aromatic amines is 1. The average molecular weight is 344 g/mol. The van der Waals surface area contributed by atoms with E-state index in [1.807, 2.05) is 38.4 Å². The number of aromatic nitrogens is 2. The molecular formula is C18H24N4O3. The molecule has 7 nitrogen and oxygen atoms in total. The lowest BCUT2D eigenvalue weighted by molar-refractivity contribution is -0.139. The Morgan fingerprint density at radius 3 is 2.72 bits per heavy atom. The number of benzene rings is 1. The first-order valence-electron chi connectivity index (χ1n) is 8.28. The Morgan fingerprint density at radius 2 is 2.00 bits per heavy atom. The zero-order valence-electron chi connectivity index (χ0n) is 15.1. The molecule has 134 valence electrons. The highest BCUT2D eigenvalue weighted by atomic mass is 16.5. The van der Waals surface area contributed by atoms with Gasteiger partial charge in [0.1, 0.15) is 0 Å². The maximum atomic E-state index is 12.2. The molecule has 0 radical (unpaired) electrons. The summed E-state index contributed by atoms with van der Waals surface area (Å²) in [5.41, 5.74) is 2.95. The van der Waals surface area contributed by atoms with Gasteiger partial charge in [0.2, 0.25) is 5.91 Å². The number of nitrogens with zero attached hydrogens (tertiary/aromatic N) is 3. The Kier molecular flexibility index (Phi) is 4.94. The van der Waals surface area contributed by atoms with Gasteiger partial charge >= 0.3 is 0 Å². The van der Waals surface area contributed by atoms with Gasteiger partial charge in [-0.1, -0.05) is 0 Å². The summed E-state index contributed by atoms with van der Waals surface area (Å²) in [5, 5.41) is 7.27. The Bertz CT molecular complexity index is 759. The summed E-state index contributed by atoms with van der Waals surface area (Å²) in [6.07, 6.45) is 1.82. The highest BCUT2D eigenvalue weighted by molar-refractivity contribution is 5.82. The molecule has 2 heterocycles. The smallest absolute Gasteiger partial charge is 0.239 e. The van der Waals surface area contributed by atoms with E-state index in [0.717, 1.165) is 29.9 Å². The third kappa shape index (κ3) is 3.32. The summed E-state index contributed by atoms with van der Waals surface area (Å²) < 4.78 is 10.7. The van der Waals surface area contributed by atoms with Gasteiger partial charge in [-0.2, -0.15) is 5.10 Å². The van der Waals surface area contributed by atoms with E-state index in [2.05, 4.69) is 15.1 Å². The molecule has 1 aromatic heterocycles. The minimum absolute atomic E-state index is 0.132. The van der Waals surface area contributed by atoms with Gasteiger partial charge in [-0.3, -0.25) is 14.8 Å². The number of hydrogen-bond donors (Lipinski definition) is 1. The Morgan fingerprint density at radius 1 is 1.24 bits per heavy atom. The van der Waals surface area contributed by atoms with Gasteiger partial charge < -0.3 is 14.4 Å². The minimum Gasteiger partial charge on any atom is -0.493 e. The molecule has 3 rings (SSSR count). The second kappa shape index (κ2) is 7.14.